The second-order valence-corrected chi connectivity index (χ2v) is 6.97. The van der Waals surface area contributed by atoms with Crippen LogP contribution in [0.4, 0.5) is 13.2 Å². The molecule has 7 heteroatoms. The van der Waals surface area contributed by atoms with Gasteiger partial charge in [0, 0.05) is 22.4 Å². The SMILES string of the molecule is CC1(C)CC(=O)NN1C(c1ccc2cccc(Cl)c2c1)C(F)(F)F. The first-order chi connectivity index (χ1) is 11.1. The molecule has 1 atom stereocenters. The molecule has 1 amide bonds. The minimum absolute atomic E-state index is 0.00785. The standard InChI is InChI=1S/C17H16ClF3N2O/c1-16(2)9-14(24)22-23(16)15(17(19,20)21)11-7-6-10-4-3-5-13(18)12(10)8-11/h3-8,15H,9H2,1-2H3,(H,22,24). The summed E-state index contributed by atoms with van der Waals surface area (Å²) in [5, 5.41) is 2.69. The van der Waals surface area contributed by atoms with Gasteiger partial charge < -0.3 is 0 Å². The lowest BCUT2D eigenvalue weighted by molar-refractivity contribution is -0.203. The maximum atomic E-state index is 13.8. The number of nitrogens with one attached hydrogen (secondary N) is 1. The van der Waals surface area contributed by atoms with Crippen LogP contribution in [0.1, 0.15) is 31.9 Å². The second kappa shape index (κ2) is 5.63. The normalized spacial score (nSPS) is 19.5. The van der Waals surface area contributed by atoms with E-state index in [1.165, 1.54) is 12.1 Å². The first kappa shape index (κ1) is 17.0. The van der Waals surface area contributed by atoms with E-state index >= 15 is 0 Å². The van der Waals surface area contributed by atoms with Gasteiger partial charge in [-0.1, -0.05) is 35.9 Å². The molecule has 1 heterocycles. The van der Waals surface area contributed by atoms with Crippen LogP contribution in [-0.4, -0.2) is 22.6 Å². The average Bonchev–Trinajstić information content (AvgIpc) is 2.71. The summed E-state index contributed by atoms with van der Waals surface area (Å²) in [5.41, 5.74) is 1.44. The van der Waals surface area contributed by atoms with E-state index in [0.29, 0.717) is 10.4 Å². The molecule has 128 valence electrons. The van der Waals surface area contributed by atoms with Gasteiger partial charge in [-0.25, -0.2) is 0 Å². The molecule has 3 rings (SSSR count). The molecule has 0 aromatic heterocycles. The molecule has 1 fully saturated rings. The van der Waals surface area contributed by atoms with E-state index in [1.54, 1.807) is 38.1 Å². The maximum absolute atomic E-state index is 13.8. The van der Waals surface area contributed by atoms with Gasteiger partial charge in [-0.15, -0.1) is 0 Å². The predicted octanol–water partition coefficient (Wildman–Crippen LogP) is 4.61. The summed E-state index contributed by atoms with van der Waals surface area (Å²) in [7, 11) is 0. The zero-order valence-electron chi connectivity index (χ0n) is 13.1. The Morgan fingerprint density at radius 2 is 1.96 bits per heavy atom. The Balaban J connectivity index is 2.14. The molecule has 1 aliphatic heterocycles. The van der Waals surface area contributed by atoms with Crippen LogP contribution in [0.15, 0.2) is 36.4 Å². The molecule has 2 aromatic carbocycles. The summed E-state index contributed by atoms with van der Waals surface area (Å²) in [6.45, 7) is 3.22. The zero-order chi connectivity index (χ0) is 17.7. The van der Waals surface area contributed by atoms with E-state index in [2.05, 4.69) is 5.43 Å². The molecule has 0 spiro atoms. The smallest absolute Gasteiger partial charge is 0.287 e. The highest BCUT2D eigenvalue weighted by atomic mass is 35.5. The maximum Gasteiger partial charge on any atom is 0.409 e. The van der Waals surface area contributed by atoms with Crippen LogP contribution in [-0.2, 0) is 4.79 Å². The van der Waals surface area contributed by atoms with E-state index in [4.69, 9.17) is 11.6 Å². The number of amides is 1. The number of carbonyl (C=O) groups excluding carboxylic acids is 1. The lowest BCUT2D eigenvalue weighted by Crippen LogP contribution is -2.51. The molecular formula is C17H16ClF3N2O. The van der Waals surface area contributed by atoms with Crippen LogP contribution >= 0.6 is 11.6 Å². The predicted molar refractivity (Wildman–Crippen MR) is 86.4 cm³/mol. The van der Waals surface area contributed by atoms with Gasteiger partial charge in [0.2, 0.25) is 5.91 Å². The fraction of sp³-hybridized carbons (Fsp3) is 0.353. The Labute approximate surface area is 142 Å². The van der Waals surface area contributed by atoms with Crippen molar-refractivity contribution in [3.05, 3.63) is 47.0 Å². The number of rotatable bonds is 2. The number of halogens is 4. The summed E-state index contributed by atoms with van der Waals surface area (Å²) in [5.74, 6) is -0.423. The van der Waals surface area contributed by atoms with Crippen LogP contribution in [0.2, 0.25) is 5.02 Å². The number of alkyl halides is 3. The number of carbonyl (C=O) groups is 1. The number of benzene rings is 2. The third kappa shape index (κ3) is 2.96. The second-order valence-electron chi connectivity index (χ2n) is 6.56. The van der Waals surface area contributed by atoms with E-state index in [1.807, 2.05) is 0 Å². The molecule has 0 aliphatic carbocycles. The molecule has 1 aliphatic rings. The molecule has 1 saturated heterocycles. The molecule has 2 aromatic rings. The van der Waals surface area contributed by atoms with E-state index in [9.17, 15) is 18.0 Å². The number of fused-ring (bicyclic) bond motifs is 1. The Kier molecular flexibility index (Phi) is 4.00. The van der Waals surface area contributed by atoms with Gasteiger partial charge in [0.05, 0.1) is 0 Å². The molecule has 3 nitrogen and oxygen atoms in total. The van der Waals surface area contributed by atoms with E-state index < -0.39 is 23.7 Å². The quantitative estimate of drug-likeness (QED) is 0.852. The summed E-state index contributed by atoms with van der Waals surface area (Å²) in [6, 6.07) is 7.70. The van der Waals surface area contributed by atoms with Gasteiger partial charge in [-0.3, -0.25) is 10.2 Å². The van der Waals surface area contributed by atoms with Crippen LogP contribution < -0.4 is 5.43 Å². The summed E-state index contributed by atoms with van der Waals surface area (Å²) >= 11 is 6.12. The van der Waals surface area contributed by atoms with Crippen molar-refractivity contribution in [2.75, 3.05) is 0 Å². The van der Waals surface area contributed by atoms with E-state index in [0.717, 1.165) is 10.4 Å². The first-order valence-corrected chi connectivity index (χ1v) is 7.81. The van der Waals surface area contributed by atoms with Gasteiger partial charge >= 0.3 is 6.18 Å². The summed E-state index contributed by atoms with van der Waals surface area (Å²) < 4.78 is 41.4. The zero-order valence-corrected chi connectivity index (χ0v) is 13.9. The van der Waals surface area contributed by atoms with Crippen molar-refractivity contribution in [3.8, 4) is 0 Å². The van der Waals surface area contributed by atoms with Crippen LogP contribution in [0.3, 0.4) is 0 Å². The van der Waals surface area contributed by atoms with Gasteiger partial charge in [0.15, 0.2) is 6.04 Å². The highest BCUT2D eigenvalue weighted by Gasteiger charge is 2.52. The minimum Gasteiger partial charge on any atom is -0.287 e. The lowest BCUT2D eigenvalue weighted by atomic mass is 9.95. The van der Waals surface area contributed by atoms with Crippen LogP contribution in [0.25, 0.3) is 10.8 Å². The third-order valence-electron chi connectivity index (χ3n) is 4.23. The largest absolute Gasteiger partial charge is 0.409 e. The Bertz CT molecular complexity index is 804. The van der Waals surface area contributed by atoms with Crippen molar-refractivity contribution in [2.45, 2.75) is 38.0 Å². The van der Waals surface area contributed by atoms with Crippen LogP contribution in [0.5, 0.6) is 0 Å². The molecule has 0 saturated carbocycles. The third-order valence-corrected chi connectivity index (χ3v) is 4.56. The van der Waals surface area contributed by atoms with Gasteiger partial charge in [0.25, 0.3) is 0 Å². The monoisotopic (exact) mass is 356 g/mol. The topological polar surface area (TPSA) is 32.3 Å². The number of hydrazine groups is 1. The molecule has 0 radical (unpaired) electrons. The van der Waals surface area contributed by atoms with Crippen LogP contribution in [0, 0.1) is 0 Å². The molecule has 1 N–H and O–H groups in total. The van der Waals surface area contributed by atoms with Crippen molar-refractivity contribution in [1.29, 1.82) is 0 Å². The number of hydrogen-bond acceptors (Lipinski definition) is 2. The summed E-state index contributed by atoms with van der Waals surface area (Å²) in [4.78, 5) is 11.7. The fourth-order valence-corrected chi connectivity index (χ4v) is 3.36. The highest BCUT2D eigenvalue weighted by molar-refractivity contribution is 6.35. The van der Waals surface area contributed by atoms with Crippen molar-refractivity contribution in [2.24, 2.45) is 0 Å². The number of hydrogen-bond donors (Lipinski definition) is 1. The lowest BCUT2D eigenvalue weighted by Gasteiger charge is -2.38. The molecule has 1 unspecified atom stereocenters. The van der Waals surface area contributed by atoms with Crippen molar-refractivity contribution >= 4 is 28.3 Å². The Morgan fingerprint density at radius 1 is 1.25 bits per heavy atom. The highest BCUT2D eigenvalue weighted by Crippen LogP contribution is 2.43. The number of nitrogens with zero attached hydrogens (tertiary/aromatic N) is 1. The minimum atomic E-state index is -4.55. The average molecular weight is 357 g/mol. The van der Waals surface area contributed by atoms with Gasteiger partial charge in [-0.2, -0.15) is 18.2 Å². The molecule has 0 bridgehead atoms. The van der Waals surface area contributed by atoms with Crippen molar-refractivity contribution in [3.63, 3.8) is 0 Å². The molecule has 24 heavy (non-hydrogen) atoms. The van der Waals surface area contributed by atoms with Crippen molar-refractivity contribution < 1.29 is 18.0 Å². The van der Waals surface area contributed by atoms with Gasteiger partial charge in [-0.05, 0) is 36.9 Å². The van der Waals surface area contributed by atoms with Crippen molar-refractivity contribution in [1.82, 2.24) is 10.4 Å². The first-order valence-electron chi connectivity index (χ1n) is 7.43. The van der Waals surface area contributed by atoms with E-state index in [-0.39, 0.29) is 12.0 Å². The molecular weight excluding hydrogens is 341 g/mol. The van der Waals surface area contributed by atoms with Gasteiger partial charge in [0.1, 0.15) is 0 Å². The summed E-state index contributed by atoms with van der Waals surface area (Å²) in [6.07, 6.45) is -4.54. The fourth-order valence-electron chi connectivity index (χ4n) is 3.12. The Hall–Kier alpha value is -1.79. The Morgan fingerprint density at radius 3 is 2.54 bits per heavy atom.